The minimum Gasteiger partial charge on any atom is -0.364 e. The first-order valence-electron chi connectivity index (χ1n) is 8.32. The van der Waals surface area contributed by atoms with Crippen LogP contribution < -0.4 is 16.4 Å². The quantitative estimate of drug-likeness (QED) is 0.751. The summed E-state index contributed by atoms with van der Waals surface area (Å²) in [6.45, 7) is 6.45. The van der Waals surface area contributed by atoms with Gasteiger partial charge < -0.3 is 16.4 Å². The number of amides is 1. The molecule has 0 saturated carbocycles. The van der Waals surface area contributed by atoms with Crippen LogP contribution in [0, 0.1) is 0 Å². The molecule has 0 fully saturated rings. The molecule has 1 amide bonds. The van der Waals surface area contributed by atoms with Gasteiger partial charge in [0.1, 0.15) is 11.5 Å². The molecule has 0 aliphatic heterocycles. The molecule has 1 aromatic heterocycles. The Balaban J connectivity index is 0.00000312. The first kappa shape index (κ1) is 20.9. The standard InChI is InChI=1S/C18H25N5O.ClH/c1-3-9-23(10-4-2)16-11-15(17(20)24)21-18(22-16)14-7-5-13(12-19)6-8-14;/h5-8,11H,3-4,9-10,12,19H2,1-2H3,(H2,20,24);1H. The minimum absolute atomic E-state index is 0. The van der Waals surface area contributed by atoms with Crippen LogP contribution in [0.1, 0.15) is 42.7 Å². The van der Waals surface area contributed by atoms with Crippen molar-refractivity contribution in [3.63, 3.8) is 0 Å². The first-order chi connectivity index (χ1) is 11.6. The average Bonchev–Trinajstić information content (AvgIpc) is 2.61. The number of rotatable bonds is 8. The van der Waals surface area contributed by atoms with Gasteiger partial charge in [-0.1, -0.05) is 38.1 Å². The van der Waals surface area contributed by atoms with Crippen molar-refractivity contribution in [3.05, 3.63) is 41.6 Å². The van der Waals surface area contributed by atoms with Gasteiger partial charge in [-0.25, -0.2) is 9.97 Å². The fourth-order valence-corrected chi connectivity index (χ4v) is 2.52. The molecule has 0 radical (unpaired) electrons. The second kappa shape index (κ2) is 9.96. The molecule has 0 saturated heterocycles. The summed E-state index contributed by atoms with van der Waals surface area (Å²) < 4.78 is 0. The highest BCUT2D eigenvalue weighted by Crippen LogP contribution is 2.21. The van der Waals surface area contributed by atoms with E-state index in [1.54, 1.807) is 6.07 Å². The molecular formula is C18H26ClN5O. The van der Waals surface area contributed by atoms with E-state index in [9.17, 15) is 4.79 Å². The van der Waals surface area contributed by atoms with Gasteiger partial charge in [0.2, 0.25) is 0 Å². The lowest BCUT2D eigenvalue weighted by Gasteiger charge is -2.23. The van der Waals surface area contributed by atoms with Gasteiger partial charge in [-0.3, -0.25) is 4.79 Å². The van der Waals surface area contributed by atoms with Crippen LogP contribution in [-0.4, -0.2) is 29.0 Å². The van der Waals surface area contributed by atoms with Crippen molar-refractivity contribution < 1.29 is 4.79 Å². The number of nitrogens with two attached hydrogens (primary N) is 2. The van der Waals surface area contributed by atoms with Crippen molar-refractivity contribution in [1.29, 1.82) is 0 Å². The van der Waals surface area contributed by atoms with Gasteiger partial charge in [0.25, 0.3) is 5.91 Å². The van der Waals surface area contributed by atoms with Crippen LogP contribution in [-0.2, 0) is 6.54 Å². The molecule has 1 heterocycles. The zero-order chi connectivity index (χ0) is 17.5. The predicted molar refractivity (Wildman–Crippen MR) is 104 cm³/mol. The molecule has 0 atom stereocenters. The monoisotopic (exact) mass is 363 g/mol. The zero-order valence-electron chi connectivity index (χ0n) is 14.7. The Morgan fingerprint density at radius 1 is 1.08 bits per heavy atom. The lowest BCUT2D eigenvalue weighted by Crippen LogP contribution is -2.27. The predicted octanol–water partition coefficient (Wildman–Crippen LogP) is 2.75. The van der Waals surface area contributed by atoms with Gasteiger partial charge in [0.15, 0.2) is 5.82 Å². The number of nitrogens with zero attached hydrogens (tertiary/aromatic N) is 3. The minimum atomic E-state index is -0.550. The van der Waals surface area contributed by atoms with Crippen molar-refractivity contribution >= 4 is 24.1 Å². The molecule has 136 valence electrons. The largest absolute Gasteiger partial charge is 0.364 e. The molecule has 2 rings (SSSR count). The summed E-state index contributed by atoms with van der Waals surface area (Å²) in [5.74, 6) is 0.689. The van der Waals surface area contributed by atoms with Gasteiger partial charge >= 0.3 is 0 Å². The maximum absolute atomic E-state index is 11.7. The molecule has 1 aromatic carbocycles. The summed E-state index contributed by atoms with van der Waals surface area (Å²) in [6, 6.07) is 9.37. The van der Waals surface area contributed by atoms with E-state index in [-0.39, 0.29) is 18.1 Å². The SMILES string of the molecule is CCCN(CCC)c1cc(C(N)=O)nc(-c2ccc(CN)cc2)n1.Cl. The normalized spacial score (nSPS) is 10.2. The number of primary amides is 1. The molecule has 7 heteroatoms. The van der Waals surface area contributed by atoms with E-state index in [1.807, 2.05) is 24.3 Å². The van der Waals surface area contributed by atoms with E-state index in [0.29, 0.717) is 12.4 Å². The van der Waals surface area contributed by atoms with Crippen molar-refractivity contribution in [2.45, 2.75) is 33.2 Å². The highest BCUT2D eigenvalue weighted by molar-refractivity contribution is 5.92. The Bertz CT molecular complexity index is 684. The van der Waals surface area contributed by atoms with E-state index >= 15 is 0 Å². The highest BCUT2D eigenvalue weighted by atomic mass is 35.5. The van der Waals surface area contributed by atoms with Crippen molar-refractivity contribution in [3.8, 4) is 11.4 Å². The van der Waals surface area contributed by atoms with Crippen LogP contribution in [0.2, 0.25) is 0 Å². The van der Waals surface area contributed by atoms with Gasteiger partial charge in [-0.05, 0) is 18.4 Å². The number of hydrogen-bond donors (Lipinski definition) is 2. The number of carbonyl (C=O) groups excluding carboxylic acids is 1. The molecular weight excluding hydrogens is 338 g/mol. The second-order valence-corrected chi connectivity index (χ2v) is 5.69. The maximum atomic E-state index is 11.7. The van der Waals surface area contributed by atoms with Crippen molar-refractivity contribution in [1.82, 2.24) is 9.97 Å². The van der Waals surface area contributed by atoms with E-state index < -0.39 is 5.91 Å². The van der Waals surface area contributed by atoms with Gasteiger partial charge in [0, 0.05) is 31.3 Å². The molecule has 0 aliphatic rings. The highest BCUT2D eigenvalue weighted by Gasteiger charge is 2.14. The summed E-state index contributed by atoms with van der Waals surface area (Å²) in [5.41, 5.74) is 13.2. The average molecular weight is 364 g/mol. The summed E-state index contributed by atoms with van der Waals surface area (Å²) in [4.78, 5) is 22.8. The van der Waals surface area contributed by atoms with Crippen LogP contribution in [0.5, 0.6) is 0 Å². The molecule has 0 spiro atoms. The van der Waals surface area contributed by atoms with E-state index in [2.05, 4.69) is 28.7 Å². The Hall–Kier alpha value is -2.18. The smallest absolute Gasteiger partial charge is 0.267 e. The van der Waals surface area contributed by atoms with Gasteiger partial charge in [0.05, 0.1) is 0 Å². The molecule has 25 heavy (non-hydrogen) atoms. The third-order valence-electron chi connectivity index (χ3n) is 3.72. The van der Waals surface area contributed by atoms with E-state index in [4.69, 9.17) is 11.5 Å². The lowest BCUT2D eigenvalue weighted by molar-refractivity contribution is 0.0995. The van der Waals surface area contributed by atoms with Crippen LogP contribution in [0.15, 0.2) is 30.3 Å². The topological polar surface area (TPSA) is 98.1 Å². The van der Waals surface area contributed by atoms with Crippen molar-refractivity contribution in [2.24, 2.45) is 11.5 Å². The fourth-order valence-electron chi connectivity index (χ4n) is 2.52. The van der Waals surface area contributed by atoms with Gasteiger partial charge in [-0.15, -0.1) is 12.4 Å². The zero-order valence-corrected chi connectivity index (χ0v) is 15.6. The molecule has 6 nitrogen and oxygen atoms in total. The van der Waals surface area contributed by atoms with Crippen molar-refractivity contribution in [2.75, 3.05) is 18.0 Å². The Kier molecular flexibility index (Phi) is 8.31. The molecule has 0 unspecified atom stereocenters. The van der Waals surface area contributed by atoms with Crippen LogP contribution >= 0.6 is 12.4 Å². The molecule has 0 aliphatic carbocycles. The number of aromatic nitrogens is 2. The first-order valence-corrected chi connectivity index (χ1v) is 8.32. The maximum Gasteiger partial charge on any atom is 0.267 e. The summed E-state index contributed by atoms with van der Waals surface area (Å²) >= 11 is 0. The Labute approximate surface area is 155 Å². The van der Waals surface area contributed by atoms with E-state index in [1.165, 1.54) is 0 Å². The molecule has 2 aromatic rings. The number of halogens is 1. The van der Waals surface area contributed by atoms with Crippen LogP contribution in [0.4, 0.5) is 5.82 Å². The third-order valence-corrected chi connectivity index (χ3v) is 3.72. The van der Waals surface area contributed by atoms with Crippen LogP contribution in [0.25, 0.3) is 11.4 Å². The fraction of sp³-hybridized carbons (Fsp3) is 0.389. The number of anilines is 1. The summed E-state index contributed by atoms with van der Waals surface area (Å²) in [6.07, 6.45) is 1.99. The second-order valence-electron chi connectivity index (χ2n) is 5.69. The molecule has 4 N–H and O–H groups in total. The summed E-state index contributed by atoms with van der Waals surface area (Å²) in [5, 5.41) is 0. The van der Waals surface area contributed by atoms with Gasteiger partial charge in [-0.2, -0.15) is 0 Å². The number of carbonyl (C=O) groups is 1. The lowest BCUT2D eigenvalue weighted by atomic mass is 10.1. The number of benzene rings is 1. The molecule has 0 bridgehead atoms. The third kappa shape index (κ3) is 5.41. The van der Waals surface area contributed by atoms with Crippen LogP contribution in [0.3, 0.4) is 0 Å². The Morgan fingerprint density at radius 2 is 1.68 bits per heavy atom. The Morgan fingerprint density at radius 3 is 2.16 bits per heavy atom. The summed E-state index contributed by atoms with van der Waals surface area (Å²) in [7, 11) is 0. The number of hydrogen-bond acceptors (Lipinski definition) is 5. The van der Waals surface area contributed by atoms with E-state index in [0.717, 1.165) is 42.9 Å².